The Morgan fingerprint density at radius 3 is 2.86 bits per heavy atom. The Hall–Kier alpha value is -1.23. The van der Waals surface area contributed by atoms with Crippen LogP contribution in [-0.2, 0) is 29.5 Å². The monoisotopic (exact) mass is 326 g/mol. The van der Waals surface area contributed by atoms with Crippen LogP contribution in [0.2, 0.25) is 10.0 Å². The fourth-order valence-electron chi connectivity index (χ4n) is 3.06. The zero-order chi connectivity index (χ0) is 15.1. The second kappa shape index (κ2) is 5.52. The third-order valence-corrected chi connectivity index (χ3v) is 4.54. The molecule has 0 saturated heterocycles. The Balaban J connectivity index is 2.09. The van der Waals surface area contributed by atoms with E-state index in [0.717, 1.165) is 22.9 Å². The number of methoxy groups -OCH3 is 1. The number of aromatic nitrogens is 1. The van der Waals surface area contributed by atoms with Gasteiger partial charge in [-0.05, 0) is 12.1 Å². The quantitative estimate of drug-likeness (QED) is 0.850. The van der Waals surface area contributed by atoms with Gasteiger partial charge in [-0.25, -0.2) is 0 Å². The summed E-state index contributed by atoms with van der Waals surface area (Å²) >= 11 is 12.5. The van der Waals surface area contributed by atoms with Gasteiger partial charge < -0.3 is 14.2 Å². The lowest BCUT2D eigenvalue weighted by Gasteiger charge is -2.27. The molecule has 0 radical (unpaired) electrons. The van der Waals surface area contributed by atoms with Crippen LogP contribution in [0.1, 0.15) is 11.3 Å². The maximum Gasteiger partial charge on any atom is 0.248 e. The number of hydrogen-bond donors (Lipinski definition) is 0. The Morgan fingerprint density at radius 2 is 2.14 bits per heavy atom. The molecular formula is C15H16Cl2N2O2. The largest absolute Gasteiger partial charge is 0.375 e. The number of fused-ring (bicyclic) bond motifs is 3. The molecule has 1 aromatic heterocycles. The van der Waals surface area contributed by atoms with E-state index >= 15 is 0 Å². The summed E-state index contributed by atoms with van der Waals surface area (Å²) in [5.74, 6) is 0.00766. The standard InChI is InChI=1S/C15H16Cl2N2O2/c1-18-13-3-4-19(14(20)8-21-2)7-11(13)10-5-9(16)6-12(17)15(10)18/h5-6H,3-4,7-8H2,1-2H3. The Kier molecular flexibility index (Phi) is 3.86. The van der Waals surface area contributed by atoms with Crippen molar-refractivity contribution in [3.63, 3.8) is 0 Å². The van der Waals surface area contributed by atoms with Crippen LogP contribution in [0, 0.1) is 0 Å². The predicted molar refractivity (Wildman–Crippen MR) is 83.9 cm³/mol. The lowest BCUT2D eigenvalue weighted by atomic mass is 10.0. The molecule has 2 aromatic rings. The number of ether oxygens (including phenoxy) is 1. The van der Waals surface area contributed by atoms with Gasteiger partial charge in [-0.1, -0.05) is 23.2 Å². The molecule has 1 amide bonds. The third-order valence-electron chi connectivity index (χ3n) is 4.03. The molecule has 0 saturated carbocycles. The van der Waals surface area contributed by atoms with Crippen LogP contribution in [0.25, 0.3) is 10.9 Å². The molecule has 0 spiro atoms. The minimum absolute atomic E-state index is 0.00766. The van der Waals surface area contributed by atoms with Gasteiger partial charge >= 0.3 is 0 Å². The maximum atomic E-state index is 12.0. The minimum Gasteiger partial charge on any atom is -0.375 e. The van der Waals surface area contributed by atoms with Crippen molar-refractivity contribution in [3.05, 3.63) is 33.4 Å². The molecule has 0 unspecified atom stereocenters. The first kappa shape index (κ1) is 14.7. The molecular weight excluding hydrogens is 311 g/mol. The molecule has 1 aliphatic rings. The molecule has 0 atom stereocenters. The molecule has 3 rings (SSSR count). The van der Waals surface area contributed by atoms with Gasteiger partial charge in [-0.3, -0.25) is 4.79 Å². The van der Waals surface area contributed by atoms with Crippen molar-refractivity contribution in [1.29, 1.82) is 0 Å². The first-order valence-corrected chi connectivity index (χ1v) is 7.50. The van der Waals surface area contributed by atoms with Gasteiger partial charge in [-0.15, -0.1) is 0 Å². The van der Waals surface area contributed by atoms with Crippen molar-refractivity contribution in [3.8, 4) is 0 Å². The van der Waals surface area contributed by atoms with Crippen LogP contribution in [0.3, 0.4) is 0 Å². The molecule has 1 aliphatic heterocycles. The molecule has 21 heavy (non-hydrogen) atoms. The van der Waals surface area contributed by atoms with Crippen LogP contribution in [0.15, 0.2) is 12.1 Å². The topological polar surface area (TPSA) is 34.5 Å². The van der Waals surface area contributed by atoms with E-state index in [1.807, 2.05) is 18.0 Å². The average molecular weight is 327 g/mol. The molecule has 6 heteroatoms. The van der Waals surface area contributed by atoms with Crippen molar-refractivity contribution in [1.82, 2.24) is 9.47 Å². The number of nitrogens with zero attached hydrogens (tertiary/aromatic N) is 2. The summed E-state index contributed by atoms with van der Waals surface area (Å²) < 4.78 is 7.05. The van der Waals surface area contributed by atoms with Gasteiger partial charge in [0.25, 0.3) is 0 Å². The van der Waals surface area contributed by atoms with Crippen molar-refractivity contribution in [2.75, 3.05) is 20.3 Å². The Morgan fingerprint density at radius 1 is 1.38 bits per heavy atom. The van der Waals surface area contributed by atoms with Crippen LogP contribution >= 0.6 is 23.2 Å². The number of benzene rings is 1. The average Bonchev–Trinajstić information content (AvgIpc) is 2.72. The number of aryl methyl sites for hydroxylation is 1. The van der Waals surface area contributed by atoms with Crippen LogP contribution < -0.4 is 0 Å². The van der Waals surface area contributed by atoms with E-state index in [9.17, 15) is 4.79 Å². The minimum atomic E-state index is 0.00766. The van der Waals surface area contributed by atoms with Crippen LogP contribution in [0.4, 0.5) is 0 Å². The van der Waals surface area contributed by atoms with Gasteiger partial charge in [0.1, 0.15) is 6.61 Å². The molecule has 1 aromatic carbocycles. The molecule has 2 heterocycles. The second-order valence-electron chi connectivity index (χ2n) is 5.27. The number of rotatable bonds is 2. The first-order valence-electron chi connectivity index (χ1n) is 6.74. The smallest absolute Gasteiger partial charge is 0.248 e. The second-order valence-corrected chi connectivity index (χ2v) is 6.11. The highest BCUT2D eigenvalue weighted by Gasteiger charge is 2.26. The van der Waals surface area contributed by atoms with Gasteiger partial charge in [0.05, 0.1) is 10.5 Å². The summed E-state index contributed by atoms with van der Waals surface area (Å²) in [4.78, 5) is 13.8. The summed E-state index contributed by atoms with van der Waals surface area (Å²) in [5.41, 5.74) is 3.33. The third kappa shape index (κ3) is 2.41. The van der Waals surface area contributed by atoms with E-state index in [2.05, 4.69) is 4.57 Å². The lowest BCUT2D eigenvalue weighted by Crippen LogP contribution is -2.38. The number of carbonyl (C=O) groups is 1. The fourth-order valence-corrected chi connectivity index (χ4v) is 3.68. The van der Waals surface area contributed by atoms with Gasteiger partial charge in [0, 0.05) is 55.3 Å². The molecule has 0 aliphatic carbocycles. The molecule has 112 valence electrons. The van der Waals surface area contributed by atoms with E-state index in [-0.39, 0.29) is 12.5 Å². The maximum absolute atomic E-state index is 12.0. The van der Waals surface area contributed by atoms with E-state index < -0.39 is 0 Å². The highest BCUT2D eigenvalue weighted by Crippen LogP contribution is 2.36. The zero-order valence-corrected chi connectivity index (χ0v) is 13.5. The summed E-state index contributed by atoms with van der Waals surface area (Å²) in [6.07, 6.45) is 0.809. The number of amides is 1. The van der Waals surface area contributed by atoms with Gasteiger partial charge in [0.2, 0.25) is 5.91 Å². The van der Waals surface area contributed by atoms with Gasteiger partial charge in [0.15, 0.2) is 0 Å². The molecule has 0 bridgehead atoms. The summed E-state index contributed by atoms with van der Waals surface area (Å²) in [7, 11) is 3.54. The van der Waals surface area contributed by atoms with Crippen molar-refractivity contribution >= 4 is 40.0 Å². The highest BCUT2D eigenvalue weighted by molar-refractivity contribution is 6.38. The molecule has 0 fully saturated rings. The fraction of sp³-hybridized carbons (Fsp3) is 0.400. The SMILES string of the molecule is COCC(=O)N1CCc2c(c3cc(Cl)cc(Cl)c3n2C)C1. The molecule has 0 N–H and O–H groups in total. The van der Waals surface area contributed by atoms with Crippen LogP contribution in [0.5, 0.6) is 0 Å². The number of carbonyl (C=O) groups excluding carboxylic acids is 1. The highest BCUT2D eigenvalue weighted by atomic mass is 35.5. The van der Waals surface area contributed by atoms with E-state index in [1.165, 1.54) is 12.8 Å². The predicted octanol–water partition coefficient (Wildman–Crippen LogP) is 3.02. The number of hydrogen-bond acceptors (Lipinski definition) is 2. The summed E-state index contributed by atoms with van der Waals surface area (Å²) in [6.45, 7) is 1.39. The van der Waals surface area contributed by atoms with Gasteiger partial charge in [-0.2, -0.15) is 0 Å². The van der Waals surface area contributed by atoms with Crippen molar-refractivity contribution < 1.29 is 9.53 Å². The van der Waals surface area contributed by atoms with Crippen molar-refractivity contribution in [2.24, 2.45) is 7.05 Å². The lowest BCUT2D eigenvalue weighted by molar-refractivity contribution is -0.136. The van der Waals surface area contributed by atoms with E-state index in [4.69, 9.17) is 27.9 Å². The van der Waals surface area contributed by atoms with Crippen molar-refractivity contribution in [2.45, 2.75) is 13.0 Å². The molecule has 4 nitrogen and oxygen atoms in total. The summed E-state index contributed by atoms with van der Waals surface area (Å²) in [5, 5.41) is 2.28. The normalized spacial score (nSPS) is 14.6. The first-order chi connectivity index (χ1) is 10.0. The van der Waals surface area contributed by atoms with E-state index in [1.54, 1.807) is 6.07 Å². The summed E-state index contributed by atoms with van der Waals surface area (Å²) in [6, 6.07) is 3.68. The number of halogens is 2. The van der Waals surface area contributed by atoms with Crippen LogP contribution in [-0.4, -0.2) is 35.6 Å². The Labute approximate surface area is 133 Å². The van der Waals surface area contributed by atoms with E-state index in [0.29, 0.717) is 23.1 Å². The Bertz CT molecular complexity index is 724. The zero-order valence-electron chi connectivity index (χ0n) is 11.9.